The van der Waals surface area contributed by atoms with Gasteiger partial charge in [0.05, 0.1) is 11.4 Å². The fourth-order valence-electron chi connectivity index (χ4n) is 1.73. The van der Waals surface area contributed by atoms with Crippen LogP contribution in [0.5, 0.6) is 0 Å². The number of esters is 1. The molecule has 0 spiro atoms. The molecule has 0 heterocycles. The highest BCUT2D eigenvalue weighted by Gasteiger charge is 2.35. The molecule has 1 saturated carbocycles. The first-order chi connectivity index (χ1) is 7.52. The van der Waals surface area contributed by atoms with E-state index in [2.05, 4.69) is 29.8 Å². The Morgan fingerprint density at radius 3 is 2.81 bits per heavy atom. The highest BCUT2D eigenvalue weighted by atomic mass is 79.9. The summed E-state index contributed by atoms with van der Waals surface area (Å²) in [6.45, 7) is 4.58. The third-order valence-electron chi connectivity index (χ3n) is 2.83. The van der Waals surface area contributed by atoms with E-state index in [4.69, 9.17) is 4.74 Å². The zero-order valence-corrected chi connectivity index (χ0v) is 11.5. The quantitative estimate of drug-likeness (QED) is 0.454. The van der Waals surface area contributed by atoms with Gasteiger partial charge < -0.3 is 4.74 Å². The number of ether oxygens (including phenoxy) is 1. The predicted octanol–water partition coefficient (Wildman–Crippen LogP) is 2.71. The molecular formula is C12H19BrO3. The third kappa shape index (κ3) is 3.89. The first-order valence-electron chi connectivity index (χ1n) is 5.86. The van der Waals surface area contributed by atoms with E-state index in [1.807, 2.05) is 0 Å². The maximum absolute atomic E-state index is 11.7. The fourth-order valence-corrected chi connectivity index (χ4v) is 2.38. The second kappa shape index (κ2) is 6.38. The molecule has 0 aromatic heterocycles. The summed E-state index contributed by atoms with van der Waals surface area (Å²) >= 11 is 3.30. The van der Waals surface area contributed by atoms with E-state index in [0.717, 1.165) is 19.3 Å². The van der Waals surface area contributed by atoms with Crippen LogP contribution in [0.2, 0.25) is 0 Å². The molecule has 0 saturated heterocycles. The molecule has 1 aliphatic carbocycles. The fraction of sp³-hybridized carbons (Fsp3) is 0.833. The van der Waals surface area contributed by atoms with Crippen LogP contribution in [-0.2, 0) is 14.3 Å². The van der Waals surface area contributed by atoms with Gasteiger partial charge in [-0.3, -0.25) is 9.59 Å². The minimum absolute atomic E-state index is 0.0132. The normalized spacial score (nSPS) is 25.9. The summed E-state index contributed by atoms with van der Waals surface area (Å²) in [4.78, 5) is 23.2. The van der Waals surface area contributed by atoms with Gasteiger partial charge in [0.25, 0.3) is 0 Å². The molecule has 4 heteroatoms. The summed E-state index contributed by atoms with van der Waals surface area (Å²) in [6, 6.07) is 0. The Labute approximate surface area is 105 Å². The standard InChI is InChI=1S/C12H19BrO3/c1-8(2)6-7-16-12(15)9-4-3-5-10(13)11(9)14/h8-10H,3-7H2,1-2H3. The van der Waals surface area contributed by atoms with Crippen molar-refractivity contribution in [2.24, 2.45) is 11.8 Å². The number of halogens is 1. The number of ketones is 1. The molecule has 0 amide bonds. The lowest BCUT2D eigenvalue weighted by Gasteiger charge is -2.22. The minimum Gasteiger partial charge on any atom is -0.465 e. The van der Waals surface area contributed by atoms with Gasteiger partial charge in [-0.25, -0.2) is 0 Å². The van der Waals surface area contributed by atoms with Crippen molar-refractivity contribution in [1.82, 2.24) is 0 Å². The van der Waals surface area contributed by atoms with Crippen LogP contribution in [0.1, 0.15) is 39.5 Å². The topological polar surface area (TPSA) is 43.4 Å². The summed E-state index contributed by atoms with van der Waals surface area (Å²) in [7, 11) is 0. The number of rotatable bonds is 4. The van der Waals surface area contributed by atoms with E-state index in [9.17, 15) is 9.59 Å². The van der Waals surface area contributed by atoms with E-state index in [-0.39, 0.29) is 16.6 Å². The molecule has 2 atom stereocenters. The van der Waals surface area contributed by atoms with Crippen molar-refractivity contribution in [1.29, 1.82) is 0 Å². The van der Waals surface area contributed by atoms with Gasteiger partial charge in [-0.1, -0.05) is 36.2 Å². The average Bonchev–Trinajstić information content (AvgIpc) is 2.21. The van der Waals surface area contributed by atoms with Crippen molar-refractivity contribution in [3.8, 4) is 0 Å². The Morgan fingerprint density at radius 2 is 2.19 bits per heavy atom. The second-order valence-electron chi connectivity index (χ2n) is 4.70. The number of Topliss-reactive ketones (excluding diaryl/α,β-unsaturated/α-hetero) is 1. The van der Waals surface area contributed by atoms with Crippen molar-refractivity contribution in [3.63, 3.8) is 0 Å². The van der Waals surface area contributed by atoms with E-state index in [1.54, 1.807) is 0 Å². The molecule has 3 nitrogen and oxygen atoms in total. The highest BCUT2D eigenvalue weighted by molar-refractivity contribution is 9.10. The third-order valence-corrected chi connectivity index (χ3v) is 3.74. The first-order valence-corrected chi connectivity index (χ1v) is 6.78. The van der Waals surface area contributed by atoms with Crippen LogP contribution < -0.4 is 0 Å². The van der Waals surface area contributed by atoms with Crippen molar-refractivity contribution < 1.29 is 14.3 Å². The average molecular weight is 291 g/mol. The van der Waals surface area contributed by atoms with Crippen molar-refractivity contribution >= 4 is 27.7 Å². The van der Waals surface area contributed by atoms with Gasteiger partial charge in [0.2, 0.25) is 0 Å². The highest BCUT2D eigenvalue weighted by Crippen LogP contribution is 2.26. The van der Waals surface area contributed by atoms with Crippen LogP contribution in [0.15, 0.2) is 0 Å². The molecule has 0 N–H and O–H groups in total. The zero-order chi connectivity index (χ0) is 12.1. The monoisotopic (exact) mass is 290 g/mol. The first kappa shape index (κ1) is 13.7. The van der Waals surface area contributed by atoms with Crippen LogP contribution in [0.25, 0.3) is 0 Å². The van der Waals surface area contributed by atoms with Gasteiger partial charge in [0, 0.05) is 0 Å². The van der Waals surface area contributed by atoms with Crippen molar-refractivity contribution in [2.75, 3.05) is 6.61 Å². The summed E-state index contributed by atoms with van der Waals surface area (Å²) in [5.74, 6) is -0.375. The lowest BCUT2D eigenvalue weighted by Crippen LogP contribution is -2.35. The van der Waals surface area contributed by atoms with Crippen LogP contribution in [0.4, 0.5) is 0 Å². The van der Waals surface area contributed by atoms with Crippen LogP contribution in [0, 0.1) is 11.8 Å². The molecule has 16 heavy (non-hydrogen) atoms. The maximum Gasteiger partial charge on any atom is 0.316 e. The summed E-state index contributed by atoms with van der Waals surface area (Å²) in [6.07, 6.45) is 3.23. The van der Waals surface area contributed by atoms with E-state index in [1.165, 1.54) is 0 Å². The van der Waals surface area contributed by atoms with Gasteiger partial charge in [-0.05, 0) is 25.2 Å². The molecule has 0 radical (unpaired) electrons. The Kier molecular flexibility index (Phi) is 5.46. The molecule has 1 fully saturated rings. The Balaban J connectivity index is 2.38. The molecule has 0 aliphatic heterocycles. The smallest absolute Gasteiger partial charge is 0.316 e. The molecular weight excluding hydrogens is 272 g/mol. The minimum atomic E-state index is -0.537. The molecule has 1 rings (SSSR count). The molecule has 2 unspecified atom stereocenters. The van der Waals surface area contributed by atoms with Gasteiger partial charge in [-0.2, -0.15) is 0 Å². The Morgan fingerprint density at radius 1 is 1.50 bits per heavy atom. The van der Waals surface area contributed by atoms with E-state index < -0.39 is 5.92 Å². The molecule has 0 aromatic carbocycles. The molecule has 92 valence electrons. The van der Waals surface area contributed by atoms with Gasteiger partial charge >= 0.3 is 5.97 Å². The molecule has 1 aliphatic rings. The largest absolute Gasteiger partial charge is 0.465 e. The summed E-state index contributed by atoms with van der Waals surface area (Å²) in [5, 5.41) is 0. The number of carbonyl (C=O) groups is 2. The zero-order valence-electron chi connectivity index (χ0n) is 9.87. The van der Waals surface area contributed by atoms with Gasteiger partial charge in [0.15, 0.2) is 5.78 Å². The predicted molar refractivity (Wildman–Crippen MR) is 65.5 cm³/mol. The van der Waals surface area contributed by atoms with Crippen LogP contribution in [-0.4, -0.2) is 23.2 Å². The lowest BCUT2D eigenvalue weighted by molar-refractivity contribution is -0.153. The summed E-state index contributed by atoms with van der Waals surface area (Å²) in [5.41, 5.74) is 0. The van der Waals surface area contributed by atoms with Crippen molar-refractivity contribution in [3.05, 3.63) is 0 Å². The van der Waals surface area contributed by atoms with Crippen LogP contribution in [0.3, 0.4) is 0 Å². The van der Waals surface area contributed by atoms with E-state index in [0.29, 0.717) is 18.9 Å². The molecule has 0 bridgehead atoms. The second-order valence-corrected chi connectivity index (χ2v) is 5.81. The number of alkyl halides is 1. The SMILES string of the molecule is CC(C)CCOC(=O)C1CCCC(Br)C1=O. The van der Waals surface area contributed by atoms with Gasteiger partial charge in [0.1, 0.15) is 5.92 Å². The van der Waals surface area contributed by atoms with Crippen LogP contribution >= 0.6 is 15.9 Å². The Hall–Kier alpha value is -0.380. The number of carbonyl (C=O) groups excluding carboxylic acids is 2. The van der Waals surface area contributed by atoms with Crippen molar-refractivity contribution in [2.45, 2.75) is 44.4 Å². The molecule has 0 aromatic rings. The van der Waals surface area contributed by atoms with Gasteiger partial charge in [-0.15, -0.1) is 0 Å². The van der Waals surface area contributed by atoms with E-state index >= 15 is 0 Å². The number of hydrogen-bond acceptors (Lipinski definition) is 3. The summed E-state index contributed by atoms with van der Waals surface area (Å²) < 4.78 is 5.13. The Bertz CT molecular complexity index is 263. The lowest BCUT2D eigenvalue weighted by atomic mass is 9.88. The number of hydrogen-bond donors (Lipinski definition) is 0. The maximum atomic E-state index is 11.7.